The number of rotatable bonds is 3. The van der Waals surface area contributed by atoms with Crippen LogP contribution in [-0.4, -0.2) is 37.0 Å². The second kappa shape index (κ2) is 6.22. The van der Waals surface area contributed by atoms with E-state index in [-0.39, 0.29) is 23.1 Å². The van der Waals surface area contributed by atoms with Crippen LogP contribution >= 0.6 is 0 Å². The zero-order valence-electron chi connectivity index (χ0n) is 12.3. The Balaban J connectivity index is 1.98. The number of hydrogen-bond acceptors (Lipinski definition) is 4. The smallest absolute Gasteiger partial charge is 0.287 e. The summed E-state index contributed by atoms with van der Waals surface area (Å²) in [7, 11) is 2.11. The van der Waals surface area contributed by atoms with Crippen molar-refractivity contribution in [3.05, 3.63) is 33.9 Å². The molecular weight excluding hydrogens is 256 g/mol. The van der Waals surface area contributed by atoms with Crippen LogP contribution in [-0.2, 0) is 0 Å². The number of amides is 1. The van der Waals surface area contributed by atoms with Crippen molar-refractivity contribution in [1.29, 1.82) is 0 Å². The van der Waals surface area contributed by atoms with Crippen LogP contribution in [0.1, 0.15) is 36.1 Å². The highest BCUT2D eigenvalue weighted by Crippen LogP contribution is 2.19. The molecule has 0 saturated carbocycles. The fraction of sp³-hybridized carbons (Fsp3) is 0.600. The topological polar surface area (TPSA) is 62.6 Å². The van der Waals surface area contributed by atoms with Gasteiger partial charge >= 0.3 is 0 Å². The van der Waals surface area contributed by atoms with Gasteiger partial charge in [-0.15, -0.1) is 0 Å². The molecule has 5 heteroatoms. The zero-order valence-corrected chi connectivity index (χ0v) is 12.3. The molecule has 2 heterocycles. The maximum atomic E-state index is 12.1. The molecule has 0 aromatic carbocycles. The van der Waals surface area contributed by atoms with Gasteiger partial charge in [0.25, 0.3) is 5.91 Å². The van der Waals surface area contributed by atoms with Crippen LogP contribution < -0.4 is 10.7 Å². The third-order valence-electron chi connectivity index (χ3n) is 3.94. The van der Waals surface area contributed by atoms with Crippen LogP contribution in [0.25, 0.3) is 0 Å². The van der Waals surface area contributed by atoms with Gasteiger partial charge in [-0.2, -0.15) is 0 Å². The summed E-state index contributed by atoms with van der Waals surface area (Å²) in [5.41, 5.74) is -0.203. The maximum absolute atomic E-state index is 12.1. The number of carbonyl (C=O) groups excluding carboxylic acids is 1. The molecule has 1 saturated heterocycles. The molecule has 1 fully saturated rings. The molecule has 0 bridgehead atoms. The van der Waals surface area contributed by atoms with Gasteiger partial charge in [0, 0.05) is 18.2 Å². The average Bonchev–Trinajstić information content (AvgIpc) is 2.38. The van der Waals surface area contributed by atoms with Crippen LogP contribution in [0.3, 0.4) is 0 Å². The SMILES string of the molecule is Cc1cc(=O)cc(C(=O)N[C@H](C)C2CCN(C)CC2)o1. The second-order valence-electron chi connectivity index (χ2n) is 5.67. The van der Waals surface area contributed by atoms with E-state index >= 15 is 0 Å². The molecule has 20 heavy (non-hydrogen) atoms. The molecule has 1 aromatic rings. The first-order valence-corrected chi connectivity index (χ1v) is 7.07. The van der Waals surface area contributed by atoms with E-state index in [1.54, 1.807) is 6.92 Å². The predicted molar refractivity (Wildman–Crippen MR) is 76.9 cm³/mol. The Bertz CT molecular complexity index is 530. The van der Waals surface area contributed by atoms with E-state index in [1.165, 1.54) is 12.1 Å². The lowest BCUT2D eigenvalue weighted by atomic mass is 9.90. The maximum Gasteiger partial charge on any atom is 0.287 e. The van der Waals surface area contributed by atoms with Crippen molar-refractivity contribution in [2.24, 2.45) is 5.92 Å². The van der Waals surface area contributed by atoms with Crippen molar-refractivity contribution in [2.75, 3.05) is 20.1 Å². The summed E-state index contributed by atoms with van der Waals surface area (Å²) < 4.78 is 5.30. The molecule has 0 spiro atoms. The number of likely N-dealkylation sites (tertiary alicyclic amines) is 1. The molecule has 2 rings (SSSR count). The van der Waals surface area contributed by atoms with Gasteiger partial charge in [-0.1, -0.05) is 0 Å². The van der Waals surface area contributed by atoms with Gasteiger partial charge in [0.05, 0.1) is 0 Å². The van der Waals surface area contributed by atoms with Gasteiger partial charge in [-0.25, -0.2) is 0 Å². The number of hydrogen-bond donors (Lipinski definition) is 1. The number of nitrogens with one attached hydrogen (secondary N) is 1. The van der Waals surface area contributed by atoms with E-state index in [0.29, 0.717) is 11.7 Å². The number of nitrogens with zero attached hydrogens (tertiary/aromatic N) is 1. The lowest BCUT2D eigenvalue weighted by Crippen LogP contribution is -2.43. The van der Waals surface area contributed by atoms with Gasteiger partial charge < -0.3 is 14.6 Å². The summed E-state index contributed by atoms with van der Waals surface area (Å²) in [6.45, 7) is 5.80. The second-order valence-corrected chi connectivity index (χ2v) is 5.67. The molecule has 1 amide bonds. The van der Waals surface area contributed by atoms with Gasteiger partial charge in [-0.3, -0.25) is 9.59 Å². The number of aryl methyl sites for hydroxylation is 1. The highest BCUT2D eigenvalue weighted by molar-refractivity contribution is 5.91. The van der Waals surface area contributed by atoms with Crippen molar-refractivity contribution in [3.63, 3.8) is 0 Å². The van der Waals surface area contributed by atoms with Gasteiger partial charge in [0.2, 0.25) is 0 Å². The molecule has 1 aromatic heterocycles. The highest BCUT2D eigenvalue weighted by atomic mass is 16.3. The first-order valence-electron chi connectivity index (χ1n) is 7.07. The largest absolute Gasteiger partial charge is 0.456 e. The Morgan fingerprint density at radius 3 is 2.65 bits per heavy atom. The summed E-state index contributed by atoms with van der Waals surface area (Å²) in [6.07, 6.45) is 2.16. The fourth-order valence-electron chi connectivity index (χ4n) is 2.64. The summed E-state index contributed by atoms with van der Waals surface area (Å²) in [6, 6.07) is 2.70. The third kappa shape index (κ3) is 3.70. The molecule has 0 radical (unpaired) electrons. The number of piperidine rings is 1. The molecule has 1 N–H and O–H groups in total. The third-order valence-corrected chi connectivity index (χ3v) is 3.94. The fourth-order valence-corrected chi connectivity index (χ4v) is 2.64. The molecule has 5 nitrogen and oxygen atoms in total. The van der Waals surface area contributed by atoms with Gasteiger partial charge in [0.1, 0.15) is 5.76 Å². The summed E-state index contributed by atoms with van der Waals surface area (Å²) in [4.78, 5) is 25.8. The average molecular weight is 278 g/mol. The van der Waals surface area contributed by atoms with Crippen LogP contribution in [0, 0.1) is 12.8 Å². The standard InChI is InChI=1S/C15H22N2O3/c1-10-8-13(18)9-14(20-10)15(19)16-11(2)12-4-6-17(3)7-5-12/h8-9,11-12H,4-7H2,1-3H3,(H,16,19)/t11-/m1/s1. The van der Waals surface area contributed by atoms with Crippen molar-refractivity contribution in [2.45, 2.75) is 32.7 Å². The minimum atomic E-state index is -0.308. The van der Waals surface area contributed by atoms with E-state index in [0.717, 1.165) is 25.9 Å². The summed E-state index contributed by atoms with van der Waals surface area (Å²) >= 11 is 0. The van der Waals surface area contributed by atoms with Crippen molar-refractivity contribution >= 4 is 5.91 Å². The van der Waals surface area contributed by atoms with Crippen LogP contribution in [0.15, 0.2) is 21.3 Å². The summed E-state index contributed by atoms with van der Waals surface area (Å²) in [5.74, 6) is 0.716. The molecular formula is C15H22N2O3. The molecule has 1 atom stereocenters. The first kappa shape index (κ1) is 14.8. The minimum absolute atomic E-state index is 0.0852. The van der Waals surface area contributed by atoms with E-state index in [1.807, 2.05) is 6.92 Å². The van der Waals surface area contributed by atoms with Crippen molar-refractivity contribution < 1.29 is 9.21 Å². The van der Waals surface area contributed by atoms with E-state index in [9.17, 15) is 9.59 Å². The van der Waals surface area contributed by atoms with E-state index < -0.39 is 0 Å². The quantitative estimate of drug-likeness (QED) is 0.908. The Morgan fingerprint density at radius 2 is 2.05 bits per heavy atom. The molecule has 0 aliphatic carbocycles. The van der Waals surface area contributed by atoms with E-state index in [4.69, 9.17) is 4.42 Å². The summed E-state index contributed by atoms with van der Waals surface area (Å²) in [5, 5.41) is 2.95. The van der Waals surface area contributed by atoms with Crippen LogP contribution in [0.2, 0.25) is 0 Å². The molecule has 1 aliphatic rings. The minimum Gasteiger partial charge on any atom is -0.456 e. The Labute approximate surface area is 119 Å². The number of carbonyl (C=O) groups is 1. The van der Waals surface area contributed by atoms with Crippen LogP contribution in [0.4, 0.5) is 0 Å². The highest BCUT2D eigenvalue weighted by Gasteiger charge is 2.24. The van der Waals surface area contributed by atoms with Gasteiger partial charge in [-0.05, 0) is 52.7 Å². The van der Waals surface area contributed by atoms with E-state index in [2.05, 4.69) is 17.3 Å². The normalized spacial score (nSPS) is 18.8. The molecule has 1 aliphatic heterocycles. The predicted octanol–water partition coefficient (Wildman–Crippen LogP) is 1.41. The van der Waals surface area contributed by atoms with Crippen molar-refractivity contribution in [1.82, 2.24) is 10.2 Å². The Kier molecular flexibility index (Phi) is 4.60. The van der Waals surface area contributed by atoms with Gasteiger partial charge in [0.15, 0.2) is 11.2 Å². The Morgan fingerprint density at radius 1 is 1.40 bits per heavy atom. The molecule has 0 unspecified atom stereocenters. The lowest BCUT2D eigenvalue weighted by molar-refractivity contribution is 0.0877. The molecule has 110 valence electrons. The zero-order chi connectivity index (χ0) is 14.7. The van der Waals surface area contributed by atoms with Crippen LogP contribution in [0.5, 0.6) is 0 Å². The Hall–Kier alpha value is -1.62. The lowest BCUT2D eigenvalue weighted by Gasteiger charge is -2.32. The first-order chi connectivity index (χ1) is 9.45. The monoisotopic (exact) mass is 278 g/mol. The van der Waals surface area contributed by atoms with Crippen molar-refractivity contribution in [3.8, 4) is 0 Å².